The van der Waals surface area contributed by atoms with Gasteiger partial charge in [0.2, 0.25) is 5.91 Å². The standard InChI is InChI=1S/C31H45N3O5/c1-10-31(8,9)34(28(37)25(19-20(2)3)33-29(38)39-30(5,6)7)26(22-15-17-23(35)18-16-22)27(36)32-24-14-12-11-13-21(24)4/h11-18,20,25-26,35H,10,19H2,1-9H3,(H,32,36)(H,33,38). The van der Waals surface area contributed by atoms with E-state index in [1.54, 1.807) is 37.8 Å². The number of anilines is 1. The molecule has 0 saturated heterocycles. The molecule has 0 fully saturated rings. The van der Waals surface area contributed by atoms with Gasteiger partial charge in [0, 0.05) is 11.2 Å². The molecule has 8 nitrogen and oxygen atoms in total. The Hall–Kier alpha value is -3.55. The molecule has 2 rings (SSSR count). The number of phenolic OH excluding ortho intramolecular Hbond substituents is 1. The van der Waals surface area contributed by atoms with Gasteiger partial charge in [0.05, 0.1) is 0 Å². The third-order valence-corrected chi connectivity index (χ3v) is 6.57. The highest BCUT2D eigenvalue weighted by atomic mass is 16.6. The van der Waals surface area contributed by atoms with E-state index in [1.165, 1.54) is 12.1 Å². The van der Waals surface area contributed by atoms with Crippen molar-refractivity contribution in [1.82, 2.24) is 10.2 Å². The van der Waals surface area contributed by atoms with E-state index in [9.17, 15) is 19.5 Å². The molecule has 3 amide bonds. The number of benzene rings is 2. The molecular weight excluding hydrogens is 494 g/mol. The number of nitrogens with one attached hydrogen (secondary N) is 2. The second-order valence-corrected chi connectivity index (χ2v) is 12.0. The molecule has 214 valence electrons. The van der Waals surface area contributed by atoms with Gasteiger partial charge in [-0.2, -0.15) is 0 Å². The first-order valence-electron chi connectivity index (χ1n) is 13.5. The predicted octanol–water partition coefficient (Wildman–Crippen LogP) is 6.34. The number of carbonyl (C=O) groups is 3. The number of hydrogen-bond acceptors (Lipinski definition) is 5. The van der Waals surface area contributed by atoms with Gasteiger partial charge in [-0.3, -0.25) is 9.59 Å². The second kappa shape index (κ2) is 13.0. The van der Waals surface area contributed by atoms with Gasteiger partial charge >= 0.3 is 6.09 Å². The van der Waals surface area contributed by atoms with Crippen molar-refractivity contribution < 1.29 is 24.2 Å². The maximum absolute atomic E-state index is 14.4. The van der Waals surface area contributed by atoms with Crippen molar-refractivity contribution in [2.24, 2.45) is 5.92 Å². The summed E-state index contributed by atoms with van der Waals surface area (Å²) in [6, 6.07) is 11.7. The van der Waals surface area contributed by atoms with Crippen molar-refractivity contribution in [3.05, 3.63) is 59.7 Å². The average Bonchev–Trinajstić information content (AvgIpc) is 2.82. The van der Waals surface area contributed by atoms with E-state index < -0.39 is 35.2 Å². The molecule has 0 spiro atoms. The summed E-state index contributed by atoms with van der Waals surface area (Å²) in [5, 5.41) is 15.7. The largest absolute Gasteiger partial charge is 0.508 e. The maximum atomic E-state index is 14.4. The summed E-state index contributed by atoms with van der Waals surface area (Å²) in [6.45, 7) is 16.9. The van der Waals surface area contributed by atoms with E-state index in [2.05, 4.69) is 10.6 Å². The highest BCUT2D eigenvalue weighted by molar-refractivity contribution is 5.99. The lowest BCUT2D eigenvalue weighted by Crippen LogP contribution is -2.59. The van der Waals surface area contributed by atoms with Gasteiger partial charge in [0.15, 0.2) is 0 Å². The number of carbonyl (C=O) groups excluding carboxylic acids is 3. The molecule has 2 aromatic carbocycles. The number of nitrogens with zero attached hydrogens (tertiary/aromatic N) is 1. The zero-order chi connectivity index (χ0) is 29.5. The molecule has 0 aliphatic carbocycles. The summed E-state index contributed by atoms with van der Waals surface area (Å²) in [5.41, 5.74) is 0.549. The molecule has 0 aliphatic heterocycles. The Kier molecular flexibility index (Phi) is 10.6. The van der Waals surface area contributed by atoms with E-state index in [4.69, 9.17) is 4.74 Å². The van der Waals surface area contributed by atoms with Crippen LogP contribution < -0.4 is 10.6 Å². The molecule has 0 bridgehead atoms. The zero-order valence-corrected chi connectivity index (χ0v) is 24.8. The van der Waals surface area contributed by atoms with Crippen molar-refractivity contribution in [3.8, 4) is 5.75 Å². The van der Waals surface area contributed by atoms with Gasteiger partial charge in [-0.15, -0.1) is 0 Å². The van der Waals surface area contributed by atoms with Crippen LogP contribution in [-0.4, -0.2) is 45.1 Å². The van der Waals surface area contributed by atoms with Crippen LogP contribution in [0.25, 0.3) is 0 Å². The molecule has 2 aromatic rings. The second-order valence-electron chi connectivity index (χ2n) is 12.0. The molecule has 0 saturated carbocycles. The first-order chi connectivity index (χ1) is 18.1. The van der Waals surface area contributed by atoms with E-state index in [1.807, 2.05) is 65.8 Å². The SMILES string of the molecule is CCC(C)(C)N(C(=O)C(CC(C)C)NC(=O)OC(C)(C)C)C(C(=O)Nc1ccccc1C)c1ccc(O)cc1. The molecule has 0 aromatic heterocycles. The van der Waals surface area contributed by atoms with Gasteiger partial charge < -0.3 is 25.4 Å². The molecular formula is C31H45N3O5. The lowest BCUT2D eigenvalue weighted by atomic mass is 9.90. The molecule has 3 N–H and O–H groups in total. The van der Waals surface area contributed by atoms with E-state index in [0.29, 0.717) is 24.1 Å². The Morgan fingerprint density at radius 2 is 1.56 bits per heavy atom. The van der Waals surface area contributed by atoms with E-state index >= 15 is 0 Å². The summed E-state index contributed by atoms with van der Waals surface area (Å²) in [7, 11) is 0. The van der Waals surface area contributed by atoms with Gasteiger partial charge in [-0.1, -0.05) is 51.1 Å². The predicted molar refractivity (Wildman–Crippen MR) is 154 cm³/mol. The third-order valence-electron chi connectivity index (χ3n) is 6.57. The molecule has 0 radical (unpaired) electrons. The van der Waals surface area contributed by atoms with Crippen molar-refractivity contribution in [1.29, 1.82) is 0 Å². The Morgan fingerprint density at radius 1 is 0.974 bits per heavy atom. The molecule has 8 heteroatoms. The topological polar surface area (TPSA) is 108 Å². The molecule has 2 atom stereocenters. The summed E-state index contributed by atoms with van der Waals surface area (Å²) in [4.78, 5) is 42.8. The Labute approximate surface area is 233 Å². The van der Waals surface area contributed by atoms with Crippen LogP contribution in [0.1, 0.15) is 85.4 Å². The van der Waals surface area contributed by atoms with Crippen LogP contribution in [0.15, 0.2) is 48.5 Å². The van der Waals surface area contributed by atoms with Crippen molar-refractivity contribution >= 4 is 23.6 Å². The fraction of sp³-hybridized carbons (Fsp3) is 0.516. The van der Waals surface area contributed by atoms with Crippen LogP contribution in [0.3, 0.4) is 0 Å². The first kappa shape index (κ1) is 31.7. The minimum atomic E-state index is -1.04. The monoisotopic (exact) mass is 539 g/mol. The molecule has 39 heavy (non-hydrogen) atoms. The summed E-state index contributed by atoms with van der Waals surface area (Å²) < 4.78 is 5.46. The van der Waals surface area contributed by atoms with Gasteiger partial charge in [-0.05, 0) is 89.6 Å². The van der Waals surface area contributed by atoms with Gasteiger partial charge in [-0.25, -0.2) is 4.79 Å². The Bertz CT molecular complexity index is 1140. The number of aryl methyl sites for hydroxylation is 1. The number of hydrogen-bond donors (Lipinski definition) is 3. The number of phenols is 1. The lowest BCUT2D eigenvalue weighted by Gasteiger charge is -2.44. The number of rotatable bonds is 10. The van der Waals surface area contributed by atoms with Crippen molar-refractivity contribution in [2.45, 2.75) is 98.4 Å². The van der Waals surface area contributed by atoms with E-state index in [0.717, 1.165) is 5.56 Å². The quantitative estimate of drug-likeness (QED) is 0.327. The van der Waals surface area contributed by atoms with Crippen molar-refractivity contribution in [2.75, 3.05) is 5.32 Å². The van der Waals surface area contributed by atoms with Crippen molar-refractivity contribution in [3.63, 3.8) is 0 Å². The fourth-order valence-corrected chi connectivity index (χ4v) is 4.24. The molecule has 0 aliphatic rings. The number of para-hydroxylation sites is 1. The summed E-state index contributed by atoms with van der Waals surface area (Å²) in [6.07, 6.45) is 0.211. The number of aromatic hydroxyl groups is 1. The van der Waals surface area contributed by atoms with Crippen LogP contribution in [0.2, 0.25) is 0 Å². The van der Waals surface area contributed by atoms with Crippen LogP contribution in [0, 0.1) is 12.8 Å². The highest BCUT2D eigenvalue weighted by Gasteiger charge is 2.43. The van der Waals surface area contributed by atoms with Crippen LogP contribution in [-0.2, 0) is 14.3 Å². The average molecular weight is 540 g/mol. The summed E-state index contributed by atoms with van der Waals surface area (Å²) in [5.74, 6) is -0.660. The van der Waals surface area contributed by atoms with Crippen LogP contribution in [0.4, 0.5) is 10.5 Å². The molecule has 2 unspecified atom stereocenters. The Balaban J connectivity index is 2.64. The van der Waals surface area contributed by atoms with Crippen LogP contribution >= 0.6 is 0 Å². The first-order valence-corrected chi connectivity index (χ1v) is 13.5. The minimum absolute atomic E-state index is 0.0497. The zero-order valence-electron chi connectivity index (χ0n) is 24.8. The Morgan fingerprint density at radius 3 is 2.08 bits per heavy atom. The number of amides is 3. The number of ether oxygens (including phenoxy) is 1. The van der Waals surface area contributed by atoms with Crippen LogP contribution in [0.5, 0.6) is 5.75 Å². The third kappa shape index (κ3) is 9.01. The molecule has 0 heterocycles. The normalized spacial score (nSPS) is 13.4. The minimum Gasteiger partial charge on any atom is -0.508 e. The van der Waals surface area contributed by atoms with Gasteiger partial charge in [0.25, 0.3) is 5.91 Å². The fourth-order valence-electron chi connectivity index (χ4n) is 4.24. The number of alkyl carbamates (subject to hydrolysis) is 1. The van der Waals surface area contributed by atoms with E-state index in [-0.39, 0.29) is 17.6 Å². The maximum Gasteiger partial charge on any atom is 0.408 e. The van der Waals surface area contributed by atoms with Gasteiger partial charge in [0.1, 0.15) is 23.4 Å². The smallest absolute Gasteiger partial charge is 0.408 e. The summed E-state index contributed by atoms with van der Waals surface area (Å²) >= 11 is 0. The lowest BCUT2D eigenvalue weighted by molar-refractivity contribution is -0.148. The highest BCUT2D eigenvalue weighted by Crippen LogP contribution is 2.34.